The SMILES string of the molecule is CCC(=CF)COc1ccc(-c2nc(C)cs2)cc1.CCC(=CF)COc1ccc(C(=O)N2CCc3cc(C)ccc3C2)cc1.CCC(=CF)COc1ccc(C(=O)N2CCc3ccccc3C2)cc1F.CCC(=CF)COc1ccc(C(=O)N2CCc3ccccc3[C@@H]2c2ccccc2)cc1.CCC(=CF)COc1ccc(C(=O)N2Cc3ccc(Cl)cc3C2)cc1. The molecule has 10 aromatic carbocycles. The second-order valence-electron chi connectivity index (χ2n) is 30.9. The van der Waals surface area contributed by atoms with Gasteiger partial charge in [-0.2, -0.15) is 0 Å². The molecule has 4 aliphatic heterocycles. The average Bonchev–Trinajstić information content (AvgIpc) is 1.08. The Hall–Kier alpha value is -12.7. The van der Waals surface area contributed by atoms with Crippen LogP contribution in [-0.4, -0.2) is 101 Å². The van der Waals surface area contributed by atoms with E-state index in [2.05, 4.69) is 66.5 Å². The lowest BCUT2D eigenvalue weighted by molar-refractivity contribution is 0.0692. The number of carbonyl (C=O) groups is 4. The van der Waals surface area contributed by atoms with Gasteiger partial charge in [0.1, 0.15) is 61.0 Å². The molecule has 22 heteroatoms. The highest BCUT2D eigenvalue weighted by Gasteiger charge is 2.33. The fourth-order valence-electron chi connectivity index (χ4n) is 14.5. The Balaban J connectivity index is 0.000000155. The number of aromatic nitrogens is 1. The van der Waals surface area contributed by atoms with Gasteiger partial charge in [0.05, 0.1) is 37.7 Å². The summed E-state index contributed by atoms with van der Waals surface area (Å²) < 4.78 is 105. The molecule has 0 unspecified atom stereocenters. The number of hydrogen-bond donors (Lipinski definition) is 0. The fraction of sp³-hybridized carbons (Fsp3) is 0.267. The minimum absolute atomic E-state index is 0.00666. The van der Waals surface area contributed by atoms with Gasteiger partial charge in [0.25, 0.3) is 23.6 Å². The number of carbonyl (C=O) groups excluding carboxylic acids is 4. The first kappa shape index (κ1) is 94.9. The quantitative estimate of drug-likeness (QED) is 0.0481. The molecule has 0 bridgehead atoms. The first-order valence-electron chi connectivity index (χ1n) is 42.7. The van der Waals surface area contributed by atoms with Crippen LogP contribution in [0, 0.1) is 19.7 Å². The van der Waals surface area contributed by atoms with Crippen molar-refractivity contribution in [3.05, 3.63) is 390 Å². The van der Waals surface area contributed by atoms with E-state index in [0.29, 0.717) is 176 Å². The maximum Gasteiger partial charge on any atom is 0.254 e. The van der Waals surface area contributed by atoms with Crippen LogP contribution in [0.1, 0.15) is 176 Å². The lowest BCUT2D eigenvalue weighted by Crippen LogP contribution is -2.40. The van der Waals surface area contributed by atoms with Crippen LogP contribution in [0.2, 0.25) is 5.02 Å². The minimum Gasteiger partial charge on any atom is -0.489 e. The van der Waals surface area contributed by atoms with Gasteiger partial charge >= 0.3 is 0 Å². The third-order valence-corrected chi connectivity index (χ3v) is 23.5. The molecule has 15 rings (SSSR count). The molecule has 5 heterocycles. The van der Waals surface area contributed by atoms with E-state index in [0.717, 1.165) is 70.1 Å². The van der Waals surface area contributed by atoms with Crippen LogP contribution in [-0.2, 0) is 45.4 Å². The maximum absolute atomic E-state index is 14.3. The molecule has 0 N–H and O–H groups in total. The summed E-state index contributed by atoms with van der Waals surface area (Å²) in [6, 6.07) is 71.6. The van der Waals surface area contributed by atoms with E-state index in [-0.39, 0.29) is 67.4 Å². The van der Waals surface area contributed by atoms with Crippen LogP contribution in [0.15, 0.2) is 295 Å². The summed E-state index contributed by atoms with van der Waals surface area (Å²) in [5.41, 5.74) is 19.1. The Kier molecular flexibility index (Phi) is 36.0. The molecule has 1 atom stereocenters. The van der Waals surface area contributed by atoms with Crippen LogP contribution in [0.4, 0.5) is 26.3 Å². The molecule has 4 amide bonds. The van der Waals surface area contributed by atoms with Crippen molar-refractivity contribution in [2.24, 2.45) is 0 Å². The Morgan fingerprint density at radius 2 is 0.803 bits per heavy atom. The number of thiazole rings is 1. The topological polar surface area (TPSA) is 140 Å². The van der Waals surface area contributed by atoms with E-state index >= 15 is 0 Å². The smallest absolute Gasteiger partial charge is 0.254 e. The van der Waals surface area contributed by atoms with Crippen molar-refractivity contribution < 1.29 is 69.2 Å². The average molecular weight is 1760 g/mol. The van der Waals surface area contributed by atoms with Gasteiger partial charge in [-0.1, -0.05) is 155 Å². The number of fused-ring (bicyclic) bond motifs is 4. The second-order valence-corrected chi connectivity index (χ2v) is 32.2. The normalized spacial score (nSPS) is 14.1. The molecule has 0 aliphatic carbocycles. The van der Waals surface area contributed by atoms with Crippen molar-refractivity contribution in [1.82, 2.24) is 24.6 Å². The van der Waals surface area contributed by atoms with E-state index in [1.165, 1.54) is 45.5 Å². The van der Waals surface area contributed by atoms with Crippen LogP contribution in [0.3, 0.4) is 0 Å². The van der Waals surface area contributed by atoms with Gasteiger partial charge in [0.2, 0.25) is 0 Å². The molecular formula is C105H106ClF6N5O9S. The summed E-state index contributed by atoms with van der Waals surface area (Å²) >= 11 is 7.64. The van der Waals surface area contributed by atoms with Crippen molar-refractivity contribution in [3.63, 3.8) is 0 Å². The Labute approximate surface area is 749 Å². The van der Waals surface area contributed by atoms with Crippen LogP contribution >= 0.6 is 22.9 Å². The number of amides is 4. The predicted molar refractivity (Wildman–Crippen MR) is 492 cm³/mol. The standard InChI is InChI=1S/C27H26FNO2.C22H24FNO2.C21H21F2NO2.C20H19ClFNO2.C15H16FNOS/c1-2-20(18-28)19-31-24-14-12-23(13-15-24)27(30)29-17-16-21-8-6-7-11-25(21)26(29)22-9-4-3-5-10-22;1-3-17(13-23)15-26-21-8-6-18(7-9-21)22(25)24-11-10-19-12-16(2)4-5-20(19)14-24;1-2-15(12-22)14-26-20-8-7-17(11-19(20)23)21(25)24-10-9-16-5-3-4-6-18(16)13-24;1-2-14(10-22)13-25-19-7-4-15(5-8-19)20(24)23-11-16-3-6-18(21)9-17(16)12-23;1-3-12(8-16)9-18-14-6-4-13(5-7-14)15-17-11(2)10-19-15/h3-15,18,26H,2,16-17,19H2,1H3;4-9,12-13H,3,10-11,14-15H2,1-2H3;3-8,11-12H,2,9-10,13-14H2,1H3;3-10H,2,11-13H2,1H3;4-8,10H,3,9H2,1-2H3/t26-;;;;/m0..../s1. The predicted octanol–water partition coefficient (Wildman–Crippen LogP) is 25.5. The molecule has 0 saturated heterocycles. The highest BCUT2D eigenvalue weighted by atomic mass is 35.5. The molecular weight excluding hydrogens is 1660 g/mol. The number of hydrogen-bond acceptors (Lipinski definition) is 11. The highest BCUT2D eigenvalue weighted by molar-refractivity contribution is 7.13. The molecule has 127 heavy (non-hydrogen) atoms. The largest absolute Gasteiger partial charge is 0.489 e. The zero-order valence-electron chi connectivity index (χ0n) is 72.6. The summed E-state index contributed by atoms with van der Waals surface area (Å²) in [7, 11) is 0. The van der Waals surface area contributed by atoms with E-state index in [1.54, 1.807) is 107 Å². The molecule has 0 fully saturated rings. The minimum atomic E-state index is -0.623. The summed E-state index contributed by atoms with van der Waals surface area (Å²) in [6.07, 6.45) is 8.34. The fourth-order valence-corrected chi connectivity index (χ4v) is 15.5. The monoisotopic (exact) mass is 1760 g/mol. The van der Waals surface area contributed by atoms with E-state index in [4.69, 9.17) is 35.3 Å². The van der Waals surface area contributed by atoms with Gasteiger partial charge in [-0.05, 0) is 271 Å². The zero-order valence-corrected chi connectivity index (χ0v) is 74.2. The van der Waals surface area contributed by atoms with Crippen LogP contribution in [0.5, 0.6) is 28.7 Å². The van der Waals surface area contributed by atoms with Crippen molar-refractivity contribution in [3.8, 4) is 39.3 Å². The van der Waals surface area contributed by atoms with Gasteiger partial charge in [-0.3, -0.25) is 19.2 Å². The zero-order chi connectivity index (χ0) is 90.1. The summed E-state index contributed by atoms with van der Waals surface area (Å²) in [4.78, 5) is 63.4. The lowest BCUT2D eigenvalue weighted by atomic mass is 9.88. The van der Waals surface area contributed by atoms with Crippen molar-refractivity contribution >= 4 is 46.6 Å². The third-order valence-electron chi connectivity index (χ3n) is 22.3. The maximum atomic E-state index is 14.3. The van der Waals surface area contributed by atoms with E-state index < -0.39 is 5.82 Å². The van der Waals surface area contributed by atoms with E-state index in [9.17, 15) is 45.5 Å². The number of benzene rings is 10. The first-order chi connectivity index (χ1) is 61.8. The summed E-state index contributed by atoms with van der Waals surface area (Å²) in [5.74, 6) is 1.78. The van der Waals surface area contributed by atoms with Crippen LogP contribution < -0.4 is 23.7 Å². The number of halogens is 7. The van der Waals surface area contributed by atoms with Gasteiger partial charge in [0, 0.05) is 89.7 Å². The summed E-state index contributed by atoms with van der Waals surface area (Å²) in [5, 5.41) is 3.71. The number of ether oxygens (including phenoxy) is 5. The molecule has 660 valence electrons. The first-order valence-corrected chi connectivity index (χ1v) is 43.9. The van der Waals surface area contributed by atoms with Gasteiger partial charge in [0.15, 0.2) is 11.6 Å². The van der Waals surface area contributed by atoms with Gasteiger partial charge < -0.3 is 43.3 Å². The Morgan fingerprint density at radius 3 is 1.30 bits per heavy atom. The van der Waals surface area contributed by atoms with Gasteiger partial charge in [-0.25, -0.2) is 31.3 Å². The molecule has 0 radical (unpaired) electrons. The third kappa shape index (κ3) is 26.7. The molecule has 1 aromatic heterocycles. The number of nitrogens with zero attached hydrogens (tertiary/aromatic N) is 5. The highest BCUT2D eigenvalue weighted by Crippen LogP contribution is 2.38. The van der Waals surface area contributed by atoms with E-state index in [1.807, 2.05) is 135 Å². The van der Waals surface area contributed by atoms with Crippen molar-refractivity contribution in [2.75, 3.05) is 52.7 Å². The van der Waals surface area contributed by atoms with Crippen LogP contribution in [0.25, 0.3) is 10.6 Å². The Morgan fingerprint density at radius 1 is 0.402 bits per heavy atom. The lowest BCUT2D eigenvalue weighted by Gasteiger charge is -2.38. The molecule has 0 spiro atoms. The van der Waals surface area contributed by atoms with Crippen molar-refractivity contribution in [1.29, 1.82) is 0 Å². The number of aryl methyl sites for hydroxylation is 2. The molecule has 14 nitrogen and oxygen atoms in total. The molecule has 4 aliphatic rings. The number of rotatable bonds is 26. The summed E-state index contributed by atoms with van der Waals surface area (Å²) in [6.45, 7) is 18.7. The molecule has 0 saturated carbocycles. The van der Waals surface area contributed by atoms with Gasteiger partial charge in [-0.15, -0.1) is 11.3 Å². The second kappa shape index (κ2) is 48.1. The van der Waals surface area contributed by atoms with Crippen molar-refractivity contribution in [2.45, 2.75) is 132 Å². The Bertz CT molecular complexity index is 5670. The molecule has 11 aromatic rings.